The maximum absolute atomic E-state index is 13.1. The molecule has 0 unspecified atom stereocenters. The Labute approximate surface area is 189 Å². The average molecular weight is 434 g/mol. The van der Waals surface area contributed by atoms with Crippen molar-refractivity contribution < 1.29 is 14.4 Å². The number of imide groups is 2. The summed E-state index contributed by atoms with van der Waals surface area (Å²) >= 11 is 0. The maximum atomic E-state index is 13.1. The average Bonchev–Trinajstić information content (AvgIpc) is 3.38. The van der Waals surface area contributed by atoms with Gasteiger partial charge in [0.2, 0.25) is 0 Å². The summed E-state index contributed by atoms with van der Waals surface area (Å²) < 4.78 is 2.13. The monoisotopic (exact) mass is 433 g/mol. The molecule has 6 nitrogen and oxygen atoms in total. The summed E-state index contributed by atoms with van der Waals surface area (Å²) in [5, 5.41) is 2.35. The normalized spacial score (nSPS) is 18.7. The van der Waals surface area contributed by atoms with Gasteiger partial charge in [0.15, 0.2) is 0 Å². The number of hydrogen-bond donors (Lipinski definition) is 1. The van der Waals surface area contributed by atoms with Gasteiger partial charge >= 0.3 is 6.03 Å². The second kappa shape index (κ2) is 9.15. The summed E-state index contributed by atoms with van der Waals surface area (Å²) in [6, 6.07) is 9.79. The van der Waals surface area contributed by atoms with E-state index >= 15 is 0 Å². The van der Waals surface area contributed by atoms with Crippen LogP contribution in [0.5, 0.6) is 0 Å². The van der Waals surface area contributed by atoms with Crippen molar-refractivity contribution in [3.63, 3.8) is 0 Å². The summed E-state index contributed by atoms with van der Waals surface area (Å²) in [7, 11) is 0. The molecular weight excluding hydrogens is 402 g/mol. The van der Waals surface area contributed by atoms with Crippen LogP contribution in [0.3, 0.4) is 0 Å². The zero-order valence-corrected chi connectivity index (χ0v) is 19.1. The summed E-state index contributed by atoms with van der Waals surface area (Å²) in [5.41, 5.74) is 5.15. The molecule has 2 fully saturated rings. The molecule has 4 rings (SSSR count). The fourth-order valence-corrected chi connectivity index (χ4v) is 4.84. The molecule has 1 N–H and O–H groups in total. The Morgan fingerprint density at radius 1 is 1.06 bits per heavy atom. The molecule has 1 aromatic carbocycles. The number of carbonyl (C=O) groups is 3. The van der Waals surface area contributed by atoms with Crippen LogP contribution in [0.1, 0.15) is 68.0 Å². The number of aryl methyl sites for hydroxylation is 2. The molecule has 0 radical (unpaired) electrons. The second-order valence-corrected chi connectivity index (χ2v) is 8.86. The second-order valence-electron chi connectivity index (χ2n) is 8.86. The van der Waals surface area contributed by atoms with Gasteiger partial charge in [0.05, 0.1) is 0 Å². The smallest absolute Gasteiger partial charge is 0.318 e. The van der Waals surface area contributed by atoms with E-state index < -0.39 is 17.8 Å². The topological polar surface area (TPSA) is 71.4 Å². The van der Waals surface area contributed by atoms with Crippen LogP contribution in [0.2, 0.25) is 0 Å². The molecule has 1 aromatic heterocycles. The standard InChI is InChI=1S/C26H31N3O3/c1-4-5-8-19-11-13-22(14-12-19)28-17(2)15-20(18(28)3)16-23-24(30)27-26(32)29(25(23)31)21-9-6-7-10-21/h11-16,21H,4-10H2,1-3H3,(H,27,30,32)/b23-16+. The van der Waals surface area contributed by atoms with Crippen LogP contribution in [0, 0.1) is 13.8 Å². The molecule has 32 heavy (non-hydrogen) atoms. The van der Waals surface area contributed by atoms with Crippen molar-refractivity contribution in [3.05, 3.63) is 58.4 Å². The Hall–Kier alpha value is -3.15. The lowest BCUT2D eigenvalue weighted by atomic mass is 10.1. The van der Waals surface area contributed by atoms with Gasteiger partial charge in [-0.3, -0.25) is 19.8 Å². The number of benzene rings is 1. The SMILES string of the molecule is CCCCc1ccc(-n2c(C)cc(/C=C3\C(=O)NC(=O)N(C4CCCC4)C3=O)c2C)cc1. The van der Waals surface area contributed by atoms with E-state index in [9.17, 15) is 14.4 Å². The molecule has 0 atom stereocenters. The fourth-order valence-electron chi connectivity index (χ4n) is 4.84. The maximum Gasteiger partial charge on any atom is 0.331 e. The number of nitrogens with one attached hydrogen (secondary N) is 1. The molecule has 0 spiro atoms. The first kappa shape index (κ1) is 22.1. The summed E-state index contributed by atoms with van der Waals surface area (Å²) in [6.07, 6.45) is 8.62. The van der Waals surface area contributed by atoms with Gasteiger partial charge in [0.25, 0.3) is 11.8 Å². The van der Waals surface area contributed by atoms with E-state index in [4.69, 9.17) is 0 Å². The molecule has 1 saturated carbocycles. The summed E-state index contributed by atoms with van der Waals surface area (Å²) in [6.45, 7) is 6.18. The van der Waals surface area contributed by atoms with Gasteiger partial charge in [-0.05, 0) is 74.9 Å². The third-order valence-electron chi connectivity index (χ3n) is 6.61. The van der Waals surface area contributed by atoms with Gasteiger partial charge in [-0.2, -0.15) is 0 Å². The van der Waals surface area contributed by atoms with Gasteiger partial charge in [0, 0.05) is 23.1 Å². The van der Waals surface area contributed by atoms with Crippen LogP contribution in [-0.2, 0) is 16.0 Å². The number of rotatable bonds is 6. The number of amides is 4. The lowest BCUT2D eigenvalue weighted by molar-refractivity contribution is -0.131. The van der Waals surface area contributed by atoms with E-state index in [1.807, 2.05) is 19.9 Å². The highest BCUT2D eigenvalue weighted by Crippen LogP contribution is 2.28. The lowest BCUT2D eigenvalue weighted by Gasteiger charge is -2.31. The largest absolute Gasteiger partial charge is 0.331 e. The van der Waals surface area contributed by atoms with Crippen LogP contribution in [-0.4, -0.2) is 33.4 Å². The van der Waals surface area contributed by atoms with Crippen LogP contribution in [0.25, 0.3) is 11.8 Å². The molecule has 1 aliphatic carbocycles. The Morgan fingerprint density at radius 2 is 1.75 bits per heavy atom. The van der Waals surface area contributed by atoms with Crippen molar-refractivity contribution in [1.82, 2.24) is 14.8 Å². The first-order chi connectivity index (χ1) is 15.4. The van der Waals surface area contributed by atoms with E-state index in [2.05, 4.69) is 41.1 Å². The molecule has 2 heterocycles. The highest BCUT2D eigenvalue weighted by molar-refractivity contribution is 6.31. The molecule has 1 saturated heterocycles. The molecule has 1 aliphatic heterocycles. The van der Waals surface area contributed by atoms with Gasteiger partial charge < -0.3 is 4.57 Å². The van der Waals surface area contributed by atoms with Crippen molar-refractivity contribution in [2.24, 2.45) is 0 Å². The highest BCUT2D eigenvalue weighted by Gasteiger charge is 2.40. The van der Waals surface area contributed by atoms with E-state index in [0.29, 0.717) is 0 Å². The summed E-state index contributed by atoms with van der Waals surface area (Å²) in [5.74, 6) is -1.12. The molecular formula is C26H31N3O3. The van der Waals surface area contributed by atoms with Gasteiger partial charge in [-0.1, -0.05) is 38.3 Å². The minimum atomic E-state index is -0.626. The van der Waals surface area contributed by atoms with Gasteiger partial charge in [0.1, 0.15) is 5.57 Å². The van der Waals surface area contributed by atoms with Gasteiger partial charge in [-0.25, -0.2) is 4.79 Å². The lowest BCUT2D eigenvalue weighted by Crippen LogP contribution is -2.57. The highest BCUT2D eigenvalue weighted by atomic mass is 16.2. The van der Waals surface area contributed by atoms with Crippen molar-refractivity contribution in [3.8, 4) is 5.69 Å². The number of aromatic nitrogens is 1. The predicted molar refractivity (Wildman–Crippen MR) is 124 cm³/mol. The number of barbiturate groups is 1. The number of unbranched alkanes of at least 4 members (excludes halogenated alkanes) is 1. The third-order valence-corrected chi connectivity index (χ3v) is 6.61. The van der Waals surface area contributed by atoms with E-state index in [0.717, 1.165) is 54.7 Å². The van der Waals surface area contributed by atoms with Crippen LogP contribution < -0.4 is 5.32 Å². The third kappa shape index (κ3) is 4.14. The number of carbonyl (C=O) groups excluding carboxylic acids is 3. The quantitative estimate of drug-likeness (QED) is 0.523. The molecule has 2 aliphatic rings. The molecule has 4 amide bonds. The Kier molecular flexibility index (Phi) is 6.31. The summed E-state index contributed by atoms with van der Waals surface area (Å²) in [4.78, 5) is 39.2. The van der Waals surface area contributed by atoms with Crippen molar-refractivity contribution in [2.45, 2.75) is 71.8 Å². The van der Waals surface area contributed by atoms with E-state index in [-0.39, 0.29) is 11.6 Å². The van der Waals surface area contributed by atoms with Crippen molar-refractivity contribution >= 4 is 23.9 Å². The van der Waals surface area contributed by atoms with Crippen LogP contribution in [0.15, 0.2) is 35.9 Å². The fraction of sp³-hybridized carbons (Fsp3) is 0.423. The van der Waals surface area contributed by atoms with Crippen LogP contribution in [0.4, 0.5) is 4.79 Å². The molecule has 168 valence electrons. The molecule has 6 heteroatoms. The Balaban J connectivity index is 1.65. The van der Waals surface area contributed by atoms with Gasteiger partial charge in [-0.15, -0.1) is 0 Å². The zero-order valence-electron chi connectivity index (χ0n) is 19.1. The number of urea groups is 1. The Morgan fingerprint density at radius 3 is 2.41 bits per heavy atom. The van der Waals surface area contributed by atoms with E-state index in [1.54, 1.807) is 6.08 Å². The predicted octanol–water partition coefficient (Wildman–Crippen LogP) is 4.84. The zero-order chi connectivity index (χ0) is 22.8. The Bertz CT molecular complexity index is 1070. The molecule has 2 aromatic rings. The number of nitrogens with zero attached hydrogens (tertiary/aromatic N) is 2. The van der Waals surface area contributed by atoms with Crippen molar-refractivity contribution in [2.75, 3.05) is 0 Å². The number of hydrogen-bond acceptors (Lipinski definition) is 3. The minimum Gasteiger partial charge on any atom is -0.318 e. The first-order valence-corrected chi connectivity index (χ1v) is 11.6. The minimum absolute atomic E-state index is 0.0201. The first-order valence-electron chi connectivity index (χ1n) is 11.6. The van der Waals surface area contributed by atoms with E-state index in [1.165, 1.54) is 23.3 Å². The molecule has 0 bridgehead atoms. The van der Waals surface area contributed by atoms with Crippen LogP contribution >= 0.6 is 0 Å². The van der Waals surface area contributed by atoms with Crippen molar-refractivity contribution in [1.29, 1.82) is 0 Å².